The predicted octanol–water partition coefficient (Wildman–Crippen LogP) is 5.12. The van der Waals surface area contributed by atoms with Crippen molar-refractivity contribution >= 4 is 17.3 Å². The highest BCUT2D eigenvalue weighted by molar-refractivity contribution is 5.93. The Kier molecular flexibility index (Phi) is 7.08. The van der Waals surface area contributed by atoms with Crippen molar-refractivity contribution in [2.45, 2.75) is 19.9 Å². The number of nitrogens with one attached hydrogen (secondary N) is 1. The third-order valence-corrected chi connectivity index (χ3v) is 4.39. The highest BCUT2D eigenvalue weighted by Gasteiger charge is 2.15. The van der Waals surface area contributed by atoms with Gasteiger partial charge in [-0.3, -0.25) is 4.79 Å². The molecule has 0 bridgehead atoms. The first-order valence-corrected chi connectivity index (χ1v) is 9.62. The summed E-state index contributed by atoms with van der Waals surface area (Å²) in [6.07, 6.45) is 0.412. The summed E-state index contributed by atoms with van der Waals surface area (Å²) >= 11 is 0. The molecule has 144 valence electrons. The number of para-hydroxylation sites is 1. The van der Waals surface area contributed by atoms with Gasteiger partial charge in [0.1, 0.15) is 5.75 Å². The summed E-state index contributed by atoms with van der Waals surface area (Å²) in [7, 11) is 0. The normalized spacial score (nSPS) is 10.3. The number of nitrogens with zero attached hydrogens (tertiary/aromatic N) is 1. The van der Waals surface area contributed by atoms with E-state index in [1.807, 2.05) is 96.8 Å². The largest absolute Gasteiger partial charge is 0.494 e. The van der Waals surface area contributed by atoms with Gasteiger partial charge in [-0.05, 0) is 48.9 Å². The highest BCUT2D eigenvalue weighted by Crippen LogP contribution is 2.19. The Balaban J connectivity index is 1.61. The van der Waals surface area contributed by atoms with Gasteiger partial charge in [-0.2, -0.15) is 0 Å². The van der Waals surface area contributed by atoms with E-state index in [0.717, 1.165) is 22.7 Å². The minimum Gasteiger partial charge on any atom is -0.494 e. The molecule has 0 heterocycles. The molecule has 0 fully saturated rings. The fraction of sp³-hybridized carbons (Fsp3) is 0.208. The van der Waals surface area contributed by atoms with Crippen molar-refractivity contribution < 1.29 is 9.53 Å². The number of amides is 1. The van der Waals surface area contributed by atoms with Crippen LogP contribution in [0.3, 0.4) is 0 Å². The van der Waals surface area contributed by atoms with Crippen LogP contribution in [0.5, 0.6) is 5.75 Å². The summed E-state index contributed by atoms with van der Waals surface area (Å²) in [6.45, 7) is 3.75. The van der Waals surface area contributed by atoms with Crippen LogP contribution in [0.15, 0.2) is 84.9 Å². The molecule has 0 aliphatic carbocycles. The second-order valence-electron chi connectivity index (χ2n) is 6.44. The number of rotatable bonds is 9. The molecule has 28 heavy (non-hydrogen) atoms. The van der Waals surface area contributed by atoms with Gasteiger partial charge < -0.3 is 15.0 Å². The van der Waals surface area contributed by atoms with Crippen LogP contribution in [0.4, 0.5) is 11.4 Å². The lowest BCUT2D eigenvalue weighted by Gasteiger charge is -2.23. The molecule has 0 aliphatic rings. The van der Waals surface area contributed by atoms with Crippen molar-refractivity contribution in [3.05, 3.63) is 90.5 Å². The van der Waals surface area contributed by atoms with Crippen LogP contribution >= 0.6 is 0 Å². The number of carbonyl (C=O) groups is 1. The van der Waals surface area contributed by atoms with Crippen LogP contribution in [-0.4, -0.2) is 19.1 Å². The predicted molar refractivity (Wildman–Crippen MR) is 115 cm³/mol. The molecule has 0 atom stereocenters. The SMILES string of the molecule is CCOc1ccc(NCCC(=O)N(Cc2ccccc2)c2ccccc2)cc1. The van der Waals surface area contributed by atoms with Gasteiger partial charge in [-0.15, -0.1) is 0 Å². The average Bonchev–Trinajstić information content (AvgIpc) is 2.75. The summed E-state index contributed by atoms with van der Waals surface area (Å²) in [5, 5.41) is 3.31. The summed E-state index contributed by atoms with van der Waals surface area (Å²) in [5.41, 5.74) is 3.00. The molecule has 3 rings (SSSR count). The van der Waals surface area contributed by atoms with Crippen molar-refractivity contribution in [1.29, 1.82) is 0 Å². The number of carbonyl (C=O) groups excluding carboxylic acids is 1. The maximum atomic E-state index is 12.9. The lowest BCUT2D eigenvalue weighted by Crippen LogP contribution is -2.31. The summed E-state index contributed by atoms with van der Waals surface area (Å²) in [4.78, 5) is 14.8. The average molecular weight is 374 g/mol. The molecule has 0 saturated heterocycles. The Labute approximate surface area is 166 Å². The van der Waals surface area contributed by atoms with E-state index in [9.17, 15) is 4.79 Å². The second kappa shape index (κ2) is 10.2. The monoisotopic (exact) mass is 374 g/mol. The van der Waals surface area contributed by atoms with Crippen LogP contribution in [0, 0.1) is 0 Å². The van der Waals surface area contributed by atoms with E-state index in [-0.39, 0.29) is 5.91 Å². The molecule has 0 aromatic heterocycles. The number of ether oxygens (including phenoxy) is 1. The van der Waals surface area contributed by atoms with Crippen molar-refractivity contribution in [2.24, 2.45) is 0 Å². The molecule has 3 aromatic carbocycles. The summed E-state index contributed by atoms with van der Waals surface area (Å²) < 4.78 is 5.45. The third-order valence-electron chi connectivity index (χ3n) is 4.39. The molecule has 3 aromatic rings. The Morgan fingerprint density at radius 1 is 0.893 bits per heavy atom. The summed E-state index contributed by atoms with van der Waals surface area (Å²) in [5.74, 6) is 0.940. The molecular weight excluding hydrogens is 348 g/mol. The smallest absolute Gasteiger partial charge is 0.229 e. The zero-order valence-corrected chi connectivity index (χ0v) is 16.2. The molecule has 1 amide bonds. The number of benzene rings is 3. The van der Waals surface area contributed by atoms with Gasteiger partial charge in [0, 0.05) is 24.3 Å². The fourth-order valence-corrected chi connectivity index (χ4v) is 2.98. The van der Waals surface area contributed by atoms with Gasteiger partial charge in [-0.25, -0.2) is 0 Å². The maximum Gasteiger partial charge on any atom is 0.229 e. The Bertz CT molecular complexity index is 849. The van der Waals surface area contributed by atoms with Crippen LogP contribution in [0.1, 0.15) is 18.9 Å². The zero-order chi connectivity index (χ0) is 19.6. The first-order valence-electron chi connectivity index (χ1n) is 9.62. The van der Waals surface area contributed by atoms with Gasteiger partial charge in [0.05, 0.1) is 13.2 Å². The van der Waals surface area contributed by atoms with Gasteiger partial charge in [0.15, 0.2) is 0 Å². The molecule has 0 spiro atoms. The standard InChI is InChI=1S/C24H26N2O2/c1-2-28-23-15-13-21(14-16-23)25-18-17-24(27)26(22-11-7-4-8-12-22)19-20-9-5-3-6-10-20/h3-16,25H,2,17-19H2,1H3. The third kappa shape index (κ3) is 5.61. The Morgan fingerprint density at radius 3 is 2.18 bits per heavy atom. The molecule has 0 radical (unpaired) electrons. The van der Waals surface area contributed by atoms with Crippen LogP contribution in [-0.2, 0) is 11.3 Å². The van der Waals surface area contributed by atoms with Crippen molar-refractivity contribution in [3.8, 4) is 5.75 Å². The molecule has 4 nitrogen and oxygen atoms in total. The van der Waals surface area contributed by atoms with E-state index in [1.165, 1.54) is 0 Å². The van der Waals surface area contributed by atoms with Crippen molar-refractivity contribution in [2.75, 3.05) is 23.4 Å². The fourth-order valence-electron chi connectivity index (χ4n) is 2.98. The highest BCUT2D eigenvalue weighted by atomic mass is 16.5. The van der Waals surface area contributed by atoms with Crippen LogP contribution in [0.2, 0.25) is 0 Å². The minimum atomic E-state index is 0.0912. The first kappa shape index (κ1) is 19.5. The molecular formula is C24H26N2O2. The number of hydrogen-bond acceptors (Lipinski definition) is 3. The lowest BCUT2D eigenvalue weighted by molar-refractivity contribution is -0.118. The van der Waals surface area contributed by atoms with Crippen molar-refractivity contribution in [3.63, 3.8) is 0 Å². The number of anilines is 2. The second-order valence-corrected chi connectivity index (χ2v) is 6.44. The lowest BCUT2D eigenvalue weighted by atomic mass is 10.2. The Hall–Kier alpha value is -3.27. The quantitative estimate of drug-likeness (QED) is 0.565. The van der Waals surface area contributed by atoms with Gasteiger partial charge in [0.25, 0.3) is 0 Å². The topological polar surface area (TPSA) is 41.6 Å². The van der Waals surface area contributed by atoms with Gasteiger partial charge >= 0.3 is 0 Å². The molecule has 0 unspecified atom stereocenters. The van der Waals surface area contributed by atoms with E-state index < -0.39 is 0 Å². The van der Waals surface area contributed by atoms with Crippen molar-refractivity contribution in [1.82, 2.24) is 0 Å². The minimum absolute atomic E-state index is 0.0912. The molecule has 0 saturated carbocycles. The van der Waals surface area contributed by atoms with Crippen LogP contribution in [0.25, 0.3) is 0 Å². The molecule has 1 N–H and O–H groups in total. The van der Waals surface area contributed by atoms with Gasteiger partial charge in [-0.1, -0.05) is 48.5 Å². The van der Waals surface area contributed by atoms with Gasteiger partial charge in [0.2, 0.25) is 5.91 Å². The van der Waals surface area contributed by atoms with E-state index >= 15 is 0 Å². The van der Waals surface area contributed by atoms with E-state index in [4.69, 9.17) is 4.74 Å². The van der Waals surface area contributed by atoms with E-state index in [0.29, 0.717) is 26.1 Å². The Morgan fingerprint density at radius 2 is 1.54 bits per heavy atom. The zero-order valence-electron chi connectivity index (χ0n) is 16.2. The molecule has 0 aliphatic heterocycles. The molecule has 4 heteroatoms. The van der Waals surface area contributed by atoms with Crippen LogP contribution < -0.4 is 15.0 Å². The summed E-state index contributed by atoms with van der Waals surface area (Å²) in [6, 6.07) is 27.7. The van der Waals surface area contributed by atoms with E-state index in [1.54, 1.807) is 0 Å². The first-order chi connectivity index (χ1) is 13.8. The number of hydrogen-bond donors (Lipinski definition) is 1. The maximum absolute atomic E-state index is 12.9. The van der Waals surface area contributed by atoms with E-state index in [2.05, 4.69) is 5.32 Å².